The zero-order valence-electron chi connectivity index (χ0n) is 12.3. The van der Waals surface area contributed by atoms with Crippen molar-refractivity contribution in [2.45, 2.75) is 45.1 Å². The Labute approximate surface area is 139 Å². The van der Waals surface area contributed by atoms with E-state index in [-0.39, 0.29) is 29.7 Å². The summed E-state index contributed by atoms with van der Waals surface area (Å²) in [6, 6.07) is 0.493. The summed E-state index contributed by atoms with van der Waals surface area (Å²) in [5.41, 5.74) is 0. The Morgan fingerprint density at radius 1 is 1.20 bits per heavy atom. The Kier molecular flexibility index (Phi) is 10.6. The number of nitrogens with one attached hydrogen (secondary N) is 3. The maximum absolute atomic E-state index is 11.2. The number of hydrogen-bond donors (Lipinski definition) is 3. The van der Waals surface area contributed by atoms with Gasteiger partial charge in [-0.1, -0.05) is 19.3 Å². The van der Waals surface area contributed by atoms with Crippen LogP contribution < -0.4 is 15.4 Å². The summed E-state index contributed by atoms with van der Waals surface area (Å²) in [6.45, 7) is 2.53. The molecule has 0 aromatic carbocycles. The fourth-order valence-corrected chi connectivity index (χ4v) is 2.74. The van der Waals surface area contributed by atoms with Crippen LogP contribution in [-0.2, 0) is 10.0 Å². The van der Waals surface area contributed by atoms with Gasteiger partial charge in [-0.25, -0.2) is 13.1 Å². The summed E-state index contributed by atoms with van der Waals surface area (Å²) in [5.74, 6) is 0.866. The van der Waals surface area contributed by atoms with E-state index in [4.69, 9.17) is 0 Å². The van der Waals surface area contributed by atoms with Crippen molar-refractivity contribution in [3.63, 3.8) is 0 Å². The molecule has 20 heavy (non-hydrogen) atoms. The highest BCUT2D eigenvalue weighted by Crippen LogP contribution is 2.17. The van der Waals surface area contributed by atoms with Crippen LogP contribution in [0.3, 0.4) is 0 Å². The van der Waals surface area contributed by atoms with Crippen LogP contribution in [0.25, 0.3) is 0 Å². The molecule has 8 heteroatoms. The van der Waals surface area contributed by atoms with Crippen molar-refractivity contribution in [3.05, 3.63) is 0 Å². The number of aliphatic imine (C=N–C) groups is 1. The van der Waals surface area contributed by atoms with Gasteiger partial charge in [0.25, 0.3) is 0 Å². The van der Waals surface area contributed by atoms with Crippen molar-refractivity contribution >= 4 is 40.0 Å². The standard InChI is InChI=1S/C12H26N4O2S.HI/c1-3-19(17,18)15-10-9-14-12(13-2)16-11-7-5-4-6-8-11;/h11,15H,3-10H2,1-2H3,(H2,13,14,16);1H. The Morgan fingerprint density at radius 2 is 1.85 bits per heavy atom. The van der Waals surface area contributed by atoms with Gasteiger partial charge in [-0.15, -0.1) is 24.0 Å². The first kappa shape index (κ1) is 19.9. The third-order valence-electron chi connectivity index (χ3n) is 3.29. The molecular weight excluding hydrogens is 391 g/mol. The third kappa shape index (κ3) is 8.25. The van der Waals surface area contributed by atoms with Crippen LogP contribution in [0, 0.1) is 0 Å². The normalized spacial score (nSPS) is 17.4. The van der Waals surface area contributed by atoms with Crippen LogP contribution in [0.15, 0.2) is 4.99 Å². The zero-order valence-corrected chi connectivity index (χ0v) is 15.5. The third-order valence-corrected chi connectivity index (χ3v) is 4.69. The van der Waals surface area contributed by atoms with Gasteiger partial charge in [0.2, 0.25) is 10.0 Å². The van der Waals surface area contributed by atoms with Crippen LogP contribution >= 0.6 is 24.0 Å². The van der Waals surface area contributed by atoms with Gasteiger partial charge < -0.3 is 10.6 Å². The molecule has 1 aliphatic rings. The number of halogens is 1. The molecule has 0 aromatic heterocycles. The van der Waals surface area contributed by atoms with Crippen LogP contribution in [0.5, 0.6) is 0 Å². The molecule has 0 amide bonds. The summed E-state index contributed by atoms with van der Waals surface area (Å²) in [5, 5.41) is 6.50. The first-order chi connectivity index (χ1) is 9.07. The molecule has 1 aliphatic carbocycles. The zero-order chi connectivity index (χ0) is 14.1. The Balaban J connectivity index is 0.00000361. The molecule has 0 aliphatic heterocycles. The second-order valence-electron chi connectivity index (χ2n) is 4.78. The van der Waals surface area contributed by atoms with Crippen molar-refractivity contribution < 1.29 is 8.42 Å². The number of rotatable bonds is 6. The molecule has 0 heterocycles. The van der Waals surface area contributed by atoms with E-state index < -0.39 is 10.0 Å². The SMILES string of the molecule is CCS(=O)(=O)NCCNC(=NC)NC1CCCCC1.I. The van der Waals surface area contributed by atoms with Crippen molar-refractivity contribution in [2.75, 3.05) is 25.9 Å². The van der Waals surface area contributed by atoms with Gasteiger partial charge >= 0.3 is 0 Å². The lowest BCUT2D eigenvalue weighted by atomic mass is 9.96. The number of hydrogen-bond acceptors (Lipinski definition) is 3. The number of sulfonamides is 1. The number of nitrogens with zero attached hydrogens (tertiary/aromatic N) is 1. The predicted octanol–water partition coefficient (Wildman–Crippen LogP) is 1.04. The molecule has 0 saturated heterocycles. The van der Waals surface area contributed by atoms with E-state index in [9.17, 15) is 8.42 Å². The largest absolute Gasteiger partial charge is 0.355 e. The van der Waals surface area contributed by atoms with E-state index in [2.05, 4.69) is 20.3 Å². The Bertz CT molecular complexity index is 381. The van der Waals surface area contributed by atoms with Crippen molar-refractivity contribution in [3.8, 4) is 0 Å². The lowest BCUT2D eigenvalue weighted by molar-refractivity contribution is 0.410. The van der Waals surface area contributed by atoms with E-state index in [1.54, 1.807) is 14.0 Å². The second-order valence-corrected chi connectivity index (χ2v) is 6.87. The van der Waals surface area contributed by atoms with Crippen LogP contribution in [0.4, 0.5) is 0 Å². The van der Waals surface area contributed by atoms with E-state index in [1.807, 2.05) is 0 Å². The Hall–Kier alpha value is -0.0900. The summed E-state index contributed by atoms with van der Waals surface area (Å²) in [4.78, 5) is 4.15. The molecule has 0 radical (unpaired) electrons. The van der Waals surface area contributed by atoms with Crippen LogP contribution in [0.1, 0.15) is 39.0 Å². The molecule has 6 nitrogen and oxygen atoms in total. The van der Waals surface area contributed by atoms with Gasteiger partial charge in [-0.2, -0.15) is 0 Å². The molecule has 0 spiro atoms. The first-order valence-corrected chi connectivity index (χ1v) is 8.67. The molecule has 0 unspecified atom stereocenters. The van der Waals surface area contributed by atoms with Crippen molar-refractivity contribution in [1.82, 2.24) is 15.4 Å². The monoisotopic (exact) mass is 418 g/mol. The molecule has 0 bridgehead atoms. The van der Waals surface area contributed by atoms with E-state index in [0.29, 0.717) is 19.1 Å². The maximum atomic E-state index is 11.2. The molecular formula is C12H27IN4O2S. The predicted molar refractivity (Wildman–Crippen MR) is 94.2 cm³/mol. The number of guanidine groups is 1. The van der Waals surface area contributed by atoms with Crippen LogP contribution in [-0.4, -0.2) is 46.3 Å². The molecule has 3 N–H and O–H groups in total. The minimum absolute atomic E-state index is 0. The topological polar surface area (TPSA) is 82.6 Å². The average Bonchev–Trinajstić information content (AvgIpc) is 2.43. The van der Waals surface area contributed by atoms with Gasteiger partial charge in [0, 0.05) is 26.2 Å². The average molecular weight is 418 g/mol. The molecule has 0 aromatic rings. The molecule has 1 saturated carbocycles. The first-order valence-electron chi connectivity index (χ1n) is 7.02. The summed E-state index contributed by atoms with van der Waals surface area (Å²) < 4.78 is 25.0. The summed E-state index contributed by atoms with van der Waals surface area (Å²) >= 11 is 0. The van der Waals surface area contributed by atoms with E-state index >= 15 is 0 Å². The fourth-order valence-electron chi connectivity index (χ4n) is 2.12. The maximum Gasteiger partial charge on any atom is 0.211 e. The highest BCUT2D eigenvalue weighted by Gasteiger charge is 2.14. The second kappa shape index (κ2) is 10.6. The lowest BCUT2D eigenvalue weighted by Gasteiger charge is -2.24. The lowest BCUT2D eigenvalue weighted by Crippen LogP contribution is -2.46. The summed E-state index contributed by atoms with van der Waals surface area (Å²) in [7, 11) is -1.37. The van der Waals surface area contributed by atoms with Gasteiger partial charge in [0.15, 0.2) is 5.96 Å². The van der Waals surface area contributed by atoms with Gasteiger partial charge in [0.1, 0.15) is 0 Å². The van der Waals surface area contributed by atoms with Gasteiger partial charge in [-0.3, -0.25) is 4.99 Å². The van der Waals surface area contributed by atoms with Crippen molar-refractivity contribution in [1.29, 1.82) is 0 Å². The molecule has 0 atom stereocenters. The Morgan fingerprint density at radius 3 is 2.40 bits per heavy atom. The fraction of sp³-hybridized carbons (Fsp3) is 0.917. The molecule has 1 rings (SSSR count). The smallest absolute Gasteiger partial charge is 0.211 e. The molecule has 1 fully saturated rings. The highest BCUT2D eigenvalue weighted by molar-refractivity contribution is 14.0. The minimum atomic E-state index is -3.10. The van der Waals surface area contributed by atoms with Crippen LogP contribution in [0.2, 0.25) is 0 Å². The highest BCUT2D eigenvalue weighted by atomic mass is 127. The van der Waals surface area contributed by atoms with Gasteiger partial charge in [-0.05, 0) is 19.8 Å². The van der Waals surface area contributed by atoms with Gasteiger partial charge in [0.05, 0.1) is 5.75 Å². The minimum Gasteiger partial charge on any atom is -0.355 e. The van der Waals surface area contributed by atoms with E-state index in [0.717, 1.165) is 5.96 Å². The van der Waals surface area contributed by atoms with E-state index in [1.165, 1.54) is 32.1 Å². The van der Waals surface area contributed by atoms with Crippen molar-refractivity contribution in [2.24, 2.45) is 4.99 Å². The molecule has 120 valence electrons. The quantitative estimate of drug-likeness (QED) is 0.261. The summed E-state index contributed by atoms with van der Waals surface area (Å²) in [6.07, 6.45) is 6.23.